The Morgan fingerprint density at radius 2 is 2.19 bits per heavy atom. The lowest BCUT2D eigenvalue weighted by Crippen LogP contribution is -2.14. The molecule has 16 heavy (non-hydrogen) atoms. The Morgan fingerprint density at radius 3 is 2.69 bits per heavy atom. The van der Waals surface area contributed by atoms with Crippen molar-refractivity contribution in [1.29, 1.82) is 0 Å². The first-order chi connectivity index (χ1) is 7.52. The number of amides is 1. The Hall–Kier alpha value is -1.75. The van der Waals surface area contributed by atoms with Crippen molar-refractivity contribution < 1.29 is 14.6 Å². The van der Waals surface area contributed by atoms with E-state index in [-0.39, 0.29) is 5.91 Å². The largest absolute Gasteiger partial charge is 0.495 e. The summed E-state index contributed by atoms with van der Waals surface area (Å²) >= 11 is 0. The van der Waals surface area contributed by atoms with Gasteiger partial charge in [0.15, 0.2) is 0 Å². The number of anilines is 2. The second-order valence-corrected chi connectivity index (χ2v) is 3.42. The minimum absolute atomic E-state index is 0.145. The van der Waals surface area contributed by atoms with Crippen LogP contribution in [-0.2, 0) is 4.79 Å². The van der Waals surface area contributed by atoms with E-state index < -0.39 is 6.23 Å². The fraction of sp³-hybridized carbons (Fsp3) is 0.364. The molecule has 3 N–H and O–H groups in total. The van der Waals surface area contributed by atoms with Gasteiger partial charge >= 0.3 is 0 Å². The van der Waals surface area contributed by atoms with Crippen molar-refractivity contribution in [1.82, 2.24) is 0 Å². The summed E-state index contributed by atoms with van der Waals surface area (Å²) in [5, 5.41) is 14.7. The van der Waals surface area contributed by atoms with Crippen LogP contribution in [0.2, 0.25) is 0 Å². The first-order valence-electron chi connectivity index (χ1n) is 4.93. The highest BCUT2D eigenvalue weighted by Crippen LogP contribution is 2.28. The van der Waals surface area contributed by atoms with Gasteiger partial charge in [-0.2, -0.15) is 0 Å². The molecule has 1 rings (SSSR count). The monoisotopic (exact) mass is 224 g/mol. The molecule has 1 unspecified atom stereocenters. The highest BCUT2D eigenvalue weighted by Gasteiger charge is 2.06. The van der Waals surface area contributed by atoms with Crippen LogP contribution in [0.5, 0.6) is 5.75 Å². The number of carbonyl (C=O) groups is 1. The Labute approximate surface area is 94.4 Å². The molecule has 0 radical (unpaired) electrons. The Bertz CT molecular complexity index is 377. The van der Waals surface area contributed by atoms with E-state index >= 15 is 0 Å². The van der Waals surface area contributed by atoms with E-state index in [1.807, 2.05) is 0 Å². The highest BCUT2D eigenvalue weighted by atomic mass is 16.5. The molecule has 5 nitrogen and oxygen atoms in total. The predicted molar refractivity (Wildman–Crippen MR) is 62.6 cm³/mol. The Kier molecular flexibility index (Phi) is 4.13. The van der Waals surface area contributed by atoms with Crippen LogP contribution in [0.25, 0.3) is 0 Å². The molecule has 0 bridgehead atoms. The zero-order valence-electron chi connectivity index (χ0n) is 9.57. The quantitative estimate of drug-likeness (QED) is 0.676. The molecule has 1 aromatic rings. The van der Waals surface area contributed by atoms with Crippen LogP contribution in [-0.4, -0.2) is 24.4 Å². The van der Waals surface area contributed by atoms with Crippen LogP contribution in [0.1, 0.15) is 13.8 Å². The normalized spacial score (nSPS) is 11.8. The molecule has 0 aliphatic heterocycles. The van der Waals surface area contributed by atoms with Crippen molar-refractivity contribution in [2.45, 2.75) is 20.1 Å². The molecule has 1 atom stereocenters. The maximum atomic E-state index is 10.9. The zero-order chi connectivity index (χ0) is 12.1. The van der Waals surface area contributed by atoms with E-state index in [0.717, 1.165) is 0 Å². The topological polar surface area (TPSA) is 70.6 Å². The summed E-state index contributed by atoms with van der Waals surface area (Å²) in [6.07, 6.45) is -0.693. The molecule has 0 aromatic heterocycles. The summed E-state index contributed by atoms with van der Waals surface area (Å²) in [6, 6.07) is 5.15. The number of aliphatic hydroxyl groups excluding tert-OH is 1. The Balaban J connectivity index is 2.96. The van der Waals surface area contributed by atoms with Gasteiger partial charge in [-0.25, -0.2) is 0 Å². The lowest BCUT2D eigenvalue weighted by molar-refractivity contribution is -0.114. The molecular weight excluding hydrogens is 208 g/mol. The number of aliphatic hydroxyl groups is 1. The maximum absolute atomic E-state index is 10.9. The second-order valence-electron chi connectivity index (χ2n) is 3.42. The molecule has 1 amide bonds. The lowest BCUT2D eigenvalue weighted by Gasteiger charge is -2.14. The molecule has 0 fully saturated rings. The van der Waals surface area contributed by atoms with Gasteiger partial charge < -0.3 is 20.5 Å². The van der Waals surface area contributed by atoms with Crippen LogP contribution in [0, 0.1) is 0 Å². The van der Waals surface area contributed by atoms with Gasteiger partial charge in [0.25, 0.3) is 0 Å². The molecule has 0 heterocycles. The molecule has 0 spiro atoms. The molecule has 0 saturated heterocycles. The van der Waals surface area contributed by atoms with E-state index in [9.17, 15) is 9.90 Å². The molecule has 88 valence electrons. The summed E-state index contributed by atoms with van der Waals surface area (Å²) in [6.45, 7) is 3.04. The Morgan fingerprint density at radius 1 is 1.50 bits per heavy atom. The average molecular weight is 224 g/mol. The third-order valence-electron chi connectivity index (χ3n) is 1.88. The van der Waals surface area contributed by atoms with Gasteiger partial charge in [0.2, 0.25) is 5.91 Å². The van der Waals surface area contributed by atoms with Crippen LogP contribution < -0.4 is 15.4 Å². The standard InChI is InChI=1S/C11H16N2O3/c1-7(14)12-9-4-5-11(16-3)10(6-9)13-8(2)15/h4-6,8,13,15H,1-3H3,(H,12,14). The number of hydrogen-bond acceptors (Lipinski definition) is 4. The molecule has 0 saturated carbocycles. The van der Waals surface area contributed by atoms with E-state index in [4.69, 9.17) is 4.74 Å². The first-order valence-corrected chi connectivity index (χ1v) is 4.93. The first kappa shape index (κ1) is 12.3. The number of benzene rings is 1. The van der Waals surface area contributed by atoms with Crippen molar-refractivity contribution in [2.24, 2.45) is 0 Å². The third kappa shape index (κ3) is 3.43. The van der Waals surface area contributed by atoms with Gasteiger partial charge in [0.1, 0.15) is 12.0 Å². The summed E-state index contributed by atoms with van der Waals surface area (Å²) < 4.78 is 5.12. The molecule has 0 aliphatic carbocycles. The average Bonchev–Trinajstić information content (AvgIpc) is 2.16. The molecule has 5 heteroatoms. The second kappa shape index (κ2) is 5.37. The van der Waals surface area contributed by atoms with Crippen LogP contribution in [0.3, 0.4) is 0 Å². The van der Waals surface area contributed by atoms with Crippen LogP contribution in [0.4, 0.5) is 11.4 Å². The number of carbonyl (C=O) groups excluding carboxylic acids is 1. The van der Waals surface area contributed by atoms with Gasteiger partial charge in [-0.15, -0.1) is 0 Å². The number of nitrogens with one attached hydrogen (secondary N) is 2. The fourth-order valence-electron chi connectivity index (χ4n) is 1.33. The molecule has 1 aromatic carbocycles. The van der Waals surface area contributed by atoms with Crippen molar-refractivity contribution >= 4 is 17.3 Å². The summed E-state index contributed by atoms with van der Waals surface area (Å²) in [5.41, 5.74) is 1.28. The van der Waals surface area contributed by atoms with Crippen molar-refractivity contribution in [3.63, 3.8) is 0 Å². The summed E-state index contributed by atoms with van der Waals surface area (Å²) in [4.78, 5) is 10.9. The van der Waals surface area contributed by atoms with Gasteiger partial charge in [0, 0.05) is 12.6 Å². The minimum atomic E-state index is -0.693. The summed E-state index contributed by atoms with van der Waals surface area (Å²) in [5.74, 6) is 0.461. The van der Waals surface area contributed by atoms with Crippen molar-refractivity contribution in [2.75, 3.05) is 17.7 Å². The van der Waals surface area contributed by atoms with Crippen molar-refractivity contribution in [3.05, 3.63) is 18.2 Å². The minimum Gasteiger partial charge on any atom is -0.495 e. The van der Waals surface area contributed by atoms with Gasteiger partial charge in [-0.3, -0.25) is 4.79 Å². The van der Waals surface area contributed by atoms with Gasteiger partial charge in [0.05, 0.1) is 12.8 Å². The highest BCUT2D eigenvalue weighted by molar-refractivity contribution is 5.89. The van der Waals surface area contributed by atoms with Crippen molar-refractivity contribution in [3.8, 4) is 5.75 Å². The SMILES string of the molecule is COc1ccc(NC(C)=O)cc1NC(C)O. The predicted octanol–water partition coefficient (Wildman–Crippen LogP) is 1.40. The number of hydrogen-bond donors (Lipinski definition) is 3. The number of ether oxygens (including phenoxy) is 1. The molecule has 0 aliphatic rings. The number of methoxy groups -OCH3 is 1. The third-order valence-corrected chi connectivity index (χ3v) is 1.88. The number of rotatable bonds is 4. The maximum Gasteiger partial charge on any atom is 0.221 e. The fourth-order valence-corrected chi connectivity index (χ4v) is 1.33. The van der Waals surface area contributed by atoms with E-state index in [1.165, 1.54) is 6.92 Å². The molecular formula is C11H16N2O3. The lowest BCUT2D eigenvalue weighted by atomic mass is 10.2. The smallest absolute Gasteiger partial charge is 0.221 e. The van der Waals surface area contributed by atoms with Crippen LogP contribution in [0.15, 0.2) is 18.2 Å². The van der Waals surface area contributed by atoms with Gasteiger partial charge in [-0.1, -0.05) is 0 Å². The zero-order valence-corrected chi connectivity index (χ0v) is 9.57. The van der Waals surface area contributed by atoms with E-state index in [0.29, 0.717) is 17.1 Å². The van der Waals surface area contributed by atoms with Gasteiger partial charge in [-0.05, 0) is 25.1 Å². The summed E-state index contributed by atoms with van der Waals surface area (Å²) in [7, 11) is 1.54. The van der Waals surface area contributed by atoms with E-state index in [1.54, 1.807) is 32.2 Å². The van der Waals surface area contributed by atoms with E-state index in [2.05, 4.69) is 10.6 Å². The van der Waals surface area contributed by atoms with Crippen LogP contribution >= 0.6 is 0 Å².